The fraction of sp³-hybridized carbons (Fsp3) is 0.167. The van der Waals surface area contributed by atoms with Crippen LogP contribution in [-0.4, -0.2) is 23.7 Å². The first-order valence-corrected chi connectivity index (χ1v) is 7.94. The summed E-state index contributed by atoms with van der Waals surface area (Å²) in [6.07, 6.45) is 0. The molecular formula is C18H16N2O2S. The van der Waals surface area contributed by atoms with Crippen molar-refractivity contribution in [3.05, 3.63) is 47.0 Å². The van der Waals surface area contributed by atoms with Gasteiger partial charge in [-0.25, -0.2) is 4.98 Å². The lowest BCUT2D eigenvalue weighted by Crippen LogP contribution is -1.98. The van der Waals surface area contributed by atoms with Gasteiger partial charge in [0.25, 0.3) is 0 Å². The molecule has 0 aliphatic carbocycles. The molecule has 0 atom stereocenters. The van der Waals surface area contributed by atoms with Gasteiger partial charge in [-0.2, -0.15) is 0 Å². The van der Waals surface area contributed by atoms with Gasteiger partial charge in [-0.1, -0.05) is 11.8 Å². The average Bonchev–Trinajstić information content (AvgIpc) is 2.93. The minimum atomic E-state index is 0.180. The molecule has 0 fully saturated rings. The van der Waals surface area contributed by atoms with Crippen molar-refractivity contribution < 1.29 is 9.84 Å². The van der Waals surface area contributed by atoms with Crippen molar-refractivity contribution in [3.8, 4) is 23.3 Å². The normalized spacial score (nSPS) is 10.2. The number of rotatable bonds is 3. The first kappa shape index (κ1) is 15.2. The largest absolute Gasteiger partial charge is 0.506 e. The maximum Gasteiger partial charge on any atom is 0.143 e. The molecule has 0 unspecified atom stereocenters. The third-order valence-electron chi connectivity index (χ3n) is 3.29. The molecule has 0 aliphatic heterocycles. The average molecular weight is 324 g/mol. The van der Waals surface area contributed by atoms with E-state index >= 15 is 0 Å². The van der Waals surface area contributed by atoms with Crippen LogP contribution in [0.5, 0.6) is 11.5 Å². The van der Waals surface area contributed by atoms with Crippen molar-refractivity contribution in [1.82, 2.24) is 4.98 Å². The number of hydrogen-bond acceptors (Lipinski definition) is 5. The molecule has 116 valence electrons. The van der Waals surface area contributed by atoms with Gasteiger partial charge in [0.2, 0.25) is 0 Å². The molecule has 2 aromatic carbocycles. The number of nitrogens with one attached hydrogen (secondary N) is 1. The highest BCUT2D eigenvalue weighted by atomic mass is 32.1. The fourth-order valence-electron chi connectivity index (χ4n) is 2.20. The lowest BCUT2D eigenvalue weighted by Gasteiger charge is -2.03. The zero-order valence-electron chi connectivity index (χ0n) is 12.9. The summed E-state index contributed by atoms with van der Waals surface area (Å²) in [5.41, 5.74) is 2.42. The monoisotopic (exact) mass is 324 g/mol. The van der Waals surface area contributed by atoms with Crippen LogP contribution in [0.15, 0.2) is 36.4 Å². The molecule has 0 saturated carbocycles. The summed E-state index contributed by atoms with van der Waals surface area (Å²) < 4.78 is 6.07. The highest BCUT2D eigenvalue weighted by Crippen LogP contribution is 2.30. The number of fused-ring (bicyclic) bond motifs is 1. The quantitative estimate of drug-likeness (QED) is 0.720. The molecule has 23 heavy (non-hydrogen) atoms. The van der Waals surface area contributed by atoms with Crippen LogP contribution in [-0.2, 0) is 0 Å². The van der Waals surface area contributed by atoms with E-state index in [1.165, 1.54) is 0 Å². The van der Waals surface area contributed by atoms with E-state index in [1.807, 2.05) is 37.3 Å². The smallest absolute Gasteiger partial charge is 0.143 e. The second-order valence-corrected chi connectivity index (χ2v) is 6.19. The number of aromatic hydroxyl groups is 1. The number of aryl methyl sites for hydroxylation is 1. The van der Waals surface area contributed by atoms with Gasteiger partial charge in [-0.3, -0.25) is 0 Å². The summed E-state index contributed by atoms with van der Waals surface area (Å²) >= 11 is 1.55. The zero-order valence-corrected chi connectivity index (χ0v) is 13.7. The summed E-state index contributed by atoms with van der Waals surface area (Å²) in [6.45, 7) is 2.45. The number of nitrogens with zero attached hydrogens (tertiary/aromatic N) is 1. The molecule has 3 aromatic rings. The Morgan fingerprint density at radius 1 is 1.26 bits per heavy atom. The van der Waals surface area contributed by atoms with Crippen molar-refractivity contribution in [1.29, 1.82) is 0 Å². The Bertz CT molecular complexity index is 889. The molecule has 0 radical (unpaired) electrons. The van der Waals surface area contributed by atoms with Crippen LogP contribution in [0.4, 0.5) is 5.69 Å². The molecule has 1 heterocycles. The molecule has 0 aliphatic rings. The Morgan fingerprint density at radius 3 is 2.78 bits per heavy atom. The Kier molecular flexibility index (Phi) is 4.35. The second kappa shape index (κ2) is 6.59. The van der Waals surface area contributed by atoms with Crippen molar-refractivity contribution >= 4 is 27.2 Å². The van der Waals surface area contributed by atoms with Crippen molar-refractivity contribution in [2.45, 2.75) is 6.92 Å². The molecular weight excluding hydrogens is 308 g/mol. The third-order valence-corrected chi connectivity index (χ3v) is 4.20. The van der Waals surface area contributed by atoms with E-state index in [2.05, 4.69) is 22.1 Å². The first-order valence-electron chi connectivity index (χ1n) is 7.12. The summed E-state index contributed by atoms with van der Waals surface area (Å²) in [5.74, 6) is 7.12. The minimum absolute atomic E-state index is 0.180. The van der Waals surface area contributed by atoms with Gasteiger partial charge in [0.05, 0.1) is 23.4 Å². The lowest BCUT2D eigenvalue weighted by molar-refractivity contribution is 0.415. The summed E-state index contributed by atoms with van der Waals surface area (Å²) in [6, 6.07) is 11.3. The predicted octanol–water partition coefficient (Wildman–Crippen LogP) is 3.78. The Hall–Kier alpha value is -2.71. The van der Waals surface area contributed by atoms with E-state index < -0.39 is 0 Å². The summed E-state index contributed by atoms with van der Waals surface area (Å²) in [5, 5.41) is 14.2. The van der Waals surface area contributed by atoms with Crippen LogP contribution in [0, 0.1) is 18.8 Å². The van der Waals surface area contributed by atoms with Crippen LogP contribution >= 0.6 is 11.3 Å². The standard InChI is InChI=1S/C18H16N2O2S/c1-12-20-18-16(21)10-13(11-17(18)23-12)4-3-9-19-14-5-7-15(22-2)8-6-14/h5-8,10-11,19,21H,9H2,1-2H3. The Labute approximate surface area is 138 Å². The molecule has 2 N–H and O–H groups in total. The highest BCUT2D eigenvalue weighted by Gasteiger charge is 2.06. The first-order chi connectivity index (χ1) is 11.2. The molecule has 0 saturated heterocycles. The number of phenolic OH excluding ortho intramolecular Hbond substituents is 1. The number of hydrogen-bond donors (Lipinski definition) is 2. The number of thiazole rings is 1. The van der Waals surface area contributed by atoms with Gasteiger partial charge in [-0.05, 0) is 43.3 Å². The fourth-order valence-corrected chi connectivity index (χ4v) is 3.08. The number of aromatic nitrogens is 1. The van der Waals surface area contributed by atoms with Crippen molar-refractivity contribution in [3.63, 3.8) is 0 Å². The molecule has 4 nitrogen and oxygen atoms in total. The third kappa shape index (κ3) is 3.55. The van der Waals surface area contributed by atoms with Crippen LogP contribution in [0.3, 0.4) is 0 Å². The maximum atomic E-state index is 10.00. The minimum Gasteiger partial charge on any atom is -0.506 e. The molecule has 5 heteroatoms. The SMILES string of the molecule is COc1ccc(NCC#Cc2cc(O)c3nc(C)sc3c2)cc1. The number of ether oxygens (including phenoxy) is 1. The van der Waals surface area contributed by atoms with Crippen LogP contribution in [0.25, 0.3) is 10.2 Å². The van der Waals surface area contributed by atoms with Crippen molar-refractivity contribution in [2.24, 2.45) is 0 Å². The molecule has 0 bridgehead atoms. The highest BCUT2D eigenvalue weighted by molar-refractivity contribution is 7.18. The molecule has 1 aromatic heterocycles. The van der Waals surface area contributed by atoms with E-state index in [4.69, 9.17) is 4.74 Å². The van der Waals surface area contributed by atoms with Crippen LogP contribution in [0.2, 0.25) is 0 Å². The second-order valence-electron chi connectivity index (χ2n) is 4.96. The van der Waals surface area contributed by atoms with Crippen LogP contribution in [0.1, 0.15) is 10.6 Å². The van der Waals surface area contributed by atoms with Gasteiger partial charge in [0, 0.05) is 11.3 Å². The molecule has 3 rings (SSSR count). The van der Waals surface area contributed by atoms with Crippen LogP contribution < -0.4 is 10.1 Å². The maximum absolute atomic E-state index is 10.00. The summed E-state index contributed by atoms with van der Waals surface area (Å²) in [7, 11) is 1.64. The lowest BCUT2D eigenvalue weighted by atomic mass is 10.2. The van der Waals surface area contributed by atoms with E-state index in [1.54, 1.807) is 24.5 Å². The Balaban J connectivity index is 1.69. The van der Waals surface area contributed by atoms with E-state index in [-0.39, 0.29) is 5.75 Å². The van der Waals surface area contributed by atoms with Gasteiger partial charge in [0.1, 0.15) is 17.0 Å². The molecule has 0 amide bonds. The van der Waals surface area contributed by atoms with Gasteiger partial charge in [-0.15, -0.1) is 11.3 Å². The topological polar surface area (TPSA) is 54.4 Å². The molecule has 0 spiro atoms. The van der Waals surface area contributed by atoms with E-state index in [9.17, 15) is 5.11 Å². The van der Waals surface area contributed by atoms with Crippen molar-refractivity contribution in [2.75, 3.05) is 19.0 Å². The number of benzene rings is 2. The van der Waals surface area contributed by atoms with Gasteiger partial charge in [0.15, 0.2) is 0 Å². The Morgan fingerprint density at radius 2 is 2.04 bits per heavy atom. The predicted molar refractivity (Wildman–Crippen MR) is 94.4 cm³/mol. The van der Waals surface area contributed by atoms with Gasteiger partial charge < -0.3 is 15.2 Å². The summed E-state index contributed by atoms with van der Waals surface area (Å²) in [4.78, 5) is 4.30. The van der Waals surface area contributed by atoms with E-state index in [0.717, 1.165) is 26.7 Å². The van der Waals surface area contributed by atoms with E-state index in [0.29, 0.717) is 12.1 Å². The van der Waals surface area contributed by atoms with Gasteiger partial charge >= 0.3 is 0 Å². The number of phenols is 1. The number of methoxy groups -OCH3 is 1. The number of anilines is 1. The zero-order chi connectivity index (χ0) is 16.2.